The highest BCUT2D eigenvalue weighted by atomic mass is 16.4. The number of nitrogens with zero attached hydrogens (tertiary/aromatic N) is 3. The molecule has 1 saturated heterocycles. The van der Waals surface area contributed by atoms with Crippen molar-refractivity contribution in [3.8, 4) is 0 Å². The molecule has 0 aliphatic carbocycles. The molecule has 130 valence electrons. The van der Waals surface area contributed by atoms with Crippen LogP contribution in [0, 0.1) is 5.41 Å². The number of likely N-dealkylation sites (tertiary alicyclic amines) is 1. The largest absolute Gasteiger partial charge is 0.481 e. The van der Waals surface area contributed by atoms with Gasteiger partial charge in [0.1, 0.15) is 5.69 Å². The van der Waals surface area contributed by atoms with Crippen LogP contribution in [0.2, 0.25) is 0 Å². The molecule has 1 aromatic carbocycles. The van der Waals surface area contributed by atoms with Crippen LogP contribution < -0.4 is 5.56 Å². The lowest BCUT2D eigenvalue weighted by Gasteiger charge is -2.20. The Morgan fingerprint density at radius 2 is 1.92 bits per heavy atom. The number of hydrogen-bond donors (Lipinski definition) is 1. The quantitative estimate of drug-likeness (QED) is 0.903. The topological polar surface area (TPSA) is 92.5 Å². The van der Waals surface area contributed by atoms with E-state index in [2.05, 4.69) is 5.10 Å². The van der Waals surface area contributed by atoms with Gasteiger partial charge in [0.05, 0.1) is 12.0 Å². The number of carboxylic acids is 1. The second-order valence-electron chi connectivity index (χ2n) is 6.54. The van der Waals surface area contributed by atoms with Gasteiger partial charge >= 0.3 is 5.97 Å². The van der Waals surface area contributed by atoms with Crippen molar-refractivity contribution in [3.05, 3.63) is 64.1 Å². The normalized spacial score (nSPS) is 19.8. The van der Waals surface area contributed by atoms with Crippen LogP contribution in [0.1, 0.15) is 29.4 Å². The van der Waals surface area contributed by atoms with E-state index in [0.717, 1.165) is 5.56 Å². The molecule has 1 aliphatic heterocycles. The maximum atomic E-state index is 12.6. The highest BCUT2D eigenvalue weighted by molar-refractivity contribution is 5.93. The molecule has 0 spiro atoms. The molecule has 7 heteroatoms. The number of aliphatic carboxylic acids is 1. The minimum absolute atomic E-state index is 0.140. The molecule has 25 heavy (non-hydrogen) atoms. The van der Waals surface area contributed by atoms with Crippen LogP contribution in [0.25, 0.3) is 0 Å². The molecule has 0 saturated carbocycles. The zero-order chi connectivity index (χ0) is 18.0. The Bertz CT molecular complexity index is 862. The zero-order valence-electron chi connectivity index (χ0n) is 13.9. The van der Waals surface area contributed by atoms with E-state index in [0.29, 0.717) is 13.0 Å². The van der Waals surface area contributed by atoms with Gasteiger partial charge in [-0.2, -0.15) is 5.10 Å². The molecule has 0 radical (unpaired) electrons. The van der Waals surface area contributed by atoms with Crippen molar-refractivity contribution in [2.24, 2.45) is 5.41 Å². The van der Waals surface area contributed by atoms with Gasteiger partial charge in [0.2, 0.25) is 0 Å². The monoisotopic (exact) mass is 341 g/mol. The van der Waals surface area contributed by atoms with Crippen LogP contribution in [0.5, 0.6) is 0 Å². The SMILES string of the molecule is CC1(C(=O)O)CCN(C(=O)c2ccc(=O)n(Cc3ccccc3)n2)C1. The first-order valence-electron chi connectivity index (χ1n) is 8.04. The number of carbonyl (C=O) groups is 2. The molecule has 7 nitrogen and oxygen atoms in total. The molecule has 2 aromatic rings. The predicted molar refractivity (Wildman–Crippen MR) is 90.3 cm³/mol. The van der Waals surface area contributed by atoms with Gasteiger partial charge in [0, 0.05) is 19.2 Å². The molecule has 3 rings (SSSR count). The third-order valence-electron chi connectivity index (χ3n) is 4.54. The van der Waals surface area contributed by atoms with Crippen LogP contribution in [-0.2, 0) is 11.3 Å². The number of benzene rings is 1. The second-order valence-corrected chi connectivity index (χ2v) is 6.54. The van der Waals surface area contributed by atoms with E-state index in [1.54, 1.807) is 6.92 Å². The molecular formula is C18H19N3O4. The molecule has 1 amide bonds. The Morgan fingerprint density at radius 1 is 1.20 bits per heavy atom. The number of carbonyl (C=O) groups excluding carboxylic acids is 1. The standard InChI is InChI=1S/C18H19N3O4/c1-18(17(24)25)9-10-20(12-18)16(23)14-7-8-15(22)21(19-14)11-13-5-3-2-4-6-13/h2-8H,9-12H2,1H3,(H,24,25). The maximum Gasteiger partial charge on any atom is 0.311 e. The highest BCUT2D eigenvalue weighted by Gasteiger charge is 2.42. The Kier molecular flexibility index (Phi) is 4.39. The lowest BCUT2D eigenvalue weighted by Crippen LogP contribution is -2.36. The summed E-state index contributed by atoms with van der Waals surface area (Å²) >= 11 is 0. The third-order valence-corrected chi connectivity index (χ3v) is 4.54. The van der Waals surface area contributed by atoms with E-state index >= 15 is 0 Å². The average Bonchev–Trinajstić information content (AvgIpc) is 3.01. The van der Waals surface area contributed by atoms with Crippen LogP contribution in [-0.4, -0.2) is 44.8 Å². The van der Waals surface area contributed by atoms with E-state index in [1.165, 1.54) is 21.7 Å². The van der Waals surface area contributed by atoms with Gasteiger partial charge in [-0.15, -0.1) is 0 Å². The van der Waals surface area contributed by atoms with Crippen LogP contribution in [0.4, 0.5) is 0 Å². The molecule has 1 unspecified atom stereocenters. The summed E-state index contributed by atoms with van der Waals surface area (Å²) < 4.78 is 1.25. The van der Waals surface area contributed by atoms with Gasteiger partial charge in [0.15, 0.2) is 0 Å². The first kappa shape index (κ1) is 16.9. The molecule has 1 aliphatic rings. The van der Waals surface area contributed by atoms with E-state index in [4.69, 9.17) is 0 Å². The van der Waals surface area contributed by atoms with Gasteiger partial charge in [-0.05, 0) is 25.0 Å². The van der Waals surface area contributed by atoms with Gasteiger partial charge in [0.25, 0.3) is 11.5 Å². The Morgan fingerprint density at radius 3 is 2.56 bits per heavy atom. The summed E-state index contributed by atoms with van der Waals surface area (Å²) in [6, 6.07) is 12.1. The highest BCUT2D eigenvalue weighted by Crippen LogP contribution is 2.30. The molecule has 1 atom stereocenters. The van der Waals surface area contributed by atoms with Crippen molar-refractivity contribution < 1.29 is 14.7 Å². The minimum Gasteiger partial charge on any atom is -0.481 e. The molecule has 1 N–H and O–H groups in total. The molecule has 1 aromatic heterocycles. The Hall–Kier alpha value is -2.96. The first-order valence-corrected chi connectivity index (χ1v) is 8.04. The Balaban J connectivity index is 1.81. The molecule has 1 fully saturated rings. The van der Waals surface area contributed by atoms with Crippen molar-refractivity contribution in [1.82, 2.24) is 14.7 Å². The fourth-order valence-corrected chi connectivity index (χ4v) is 2.90. The van der Waals surface area contributed by atoms with Crippen molar-refractivity contribution in [3.63, 3.8) is 0 Å². The number of amides is 1. The van der Waals surface area contributed by atoms with Gasteiger partial charge in [-0.1, -0.05) is 30.3 Å². The predicted octanol–water partition coefficient (Wildman–Crippen LogP) is 1.23. The van der Waals surface area contributed by atoms with Gasteiger partial charge < -0.3 is 10.0 Å². The summed E-state index contributed by atoms with van der Waals surface area (Å²) in [4.78, 5) is 37.4. The van der Waals surface area contributed by atoms with Crippen molar-refractivity contribution in [1.29, 1.82) is 0 Å². The summed E-state index contributed by atoms with van der Waals surface area (Å²) in [5, 5.41) is 13.5. The first-order chi connectivity index (χ1) is 11.9. The minimum atomic E-state index is -0.936. The van der Waals surface area contributed by atoms with E-state index in [-0.39, 0.29) is 30.2 Å². The number of hydrogen-bond acceptors (Lipinski definition) is 4. The Labute approximate surface area is 144 Å². The van der Waals surface area contributed by atoms with Crippen LogP contribution in [0.15, 0.2) is 47.3 Å². The summed E-state index contributed by atoms with van der Waals surface area (Å²) in [6.07, 6.45) is 0.401. The number of rotatable bonds is 4. The number of aromatic nitrogens is 2. The summed E-state index contributed by atoms with van der Waals surface area (Å²) in [5.74, 6) is -1.27. The van der Waals surface area contributed by atoms with Crippen LogP contribution in [0.3, 0.4) is 0 Å². The molecular weight excluding hydrogens is 322 g/mol. The number of carboxylic acid groups (broad SMARTS) is 1. The zero-order valence-corrected chi connectivity index (χ0v) is 13.9. The summed E-state index contributed by atoms with van der Waals surface area (Å²) in [7, 11) is 0. The maximum absolute atomic E-state index is 12.6. The van der Waals surface area contributed by atoms with E-state index in [9.17, 15) is 19.5 Å². The van der Waals surface area contributed by atoms with Gasteiger partial charge in [-0.3, -0.25) is 14.4 Å². The lowest BCUT2D eigenvalue weighted by molar-refractivity contribution is -0.147. The fraction of sp³-hybridized carbons (Fsp3) is 0.333. The van der Waals surface area contributed by atoms with Crippen molar-refractivity contribution in [2.75, 3.05) is 13.1 Å². The van der Waals surface area contributed by atoms with Gasteiger partial charge in [-0.25, -0.2) is 4.68 Å². The van der Waals surface area contributed by atoms with Crippen LogP contribution >= 0.6 is 0 Å². The second kappa shape index (κ2) is 6.51. The van der Waals surface area contributed by atoms with Crippen molar-refractivity contribution >= 4 is 11.9 Å². The van der Waals surface area contributed by atoms with Crippen molar-refractivity contribution in [2.45, 2.75) is 19.9 Å². The average molecular weight is 341 g/mol. The van der Waals surface area contributed by atoms with E-state index < -0.39 is 11.4 Å². The molecule has 2 heterocycles. The fourth-order valence-electron chi connectivity index (χ4n) is 2.90. The third kappa shape index (κ3) is 3.45. The molecule has 0 bridgehead atoms. The summed E-state index contributed by atoms with van der Waals surface area (Å²) in [6.45, 7) is 2.40. The summed E-state index contributed by atoms with van der Waals surface area (Å²) in [5.41, 5.74) is -0.183. The lowest BCUT2D eigenvalue weighted by atomic mass is 9.90. The smallest absolute Gasteiger partial charge is 0.311 e. The van der Waals surface area contributed by atoms with E-state index in [1.807, 2.05) is 30.3 Å².